The van der Waals surface area contributed by atoms with Crippen molar-refractivity contribution in [1.29, 1.82) is 0 Å². The number of nitrogens with one attached hydrogen (secondary N) is 2. The Hall–Kier alpha value is -2.11. The maximum atomic E-state index is 11.8. The molecular weight excluding hydrogens is 224 g/mol. The lowest BCUT2D eigenvalue weighted by atomic mass is 9.76. The standard InChI is InChI=1S/C11H12N2O4/c14-8-2-5-12-6-7(8)9(15)13-11(10(16)17)3-1-4-11/h2,5-6H,1,3-4H2,(H,12,14)(H,13,15)(H,16,17). The Kier molecular flexibility index (Phi) is 2.71. The van der Waals surface area contributed by atoms with Gasteiger partial charge in [0.2, 0.25) is 0 Å². The molecule has 6 nitrogen and oxygen atoms in total. The summed E-state index contributed by atoms with van der Waals surface area (Å²) in [5, 5.41) is 11.5. The number of aliphatic carboxylic acids is 1. The van der Waals surface area contributed by atoms with E-state index in [1.165, 1.54) is 18.5 Å². The number of carboxylic acids is 1. The summed E-state index contributed by atoms with van der Waals surface area (Å²) < 4.78 is 0. The fourth-order valence-electron chi connectivity index (χ4n) is 1.80. The molecule has 0 bridgehead atoms. The Balaban J connectivity index is 2.20. The first kappa shape index (κ1) is 11.4. The largest absolute Gasteiger partial charge is 0.480 e. The zero-order valence-corrected chi connectivity index (χ0v) is 9.03. The van der Waals surface area contributed by atoms with Gasteiger partial charge in [0.1, 0.15) is 11.1 Å². The molecule has 0 radical (unpaired) electrons. The van der Waals surface area contributed by atoms with Crippen molar-refractivity contribution in [2.24, 2.45) is 0 Å². The fourth-order valence-corrected chi connectivity index (χ4v) is 1.80. The van der Waals surface area contributed by atoms with Crippen LogP contribution in [0, 0.1) is 0 Å². The molecule has 2 rings (SSSR count). The highest BCUT2D eigenvalue weighted by molar-refractivity contribution is 5.97. The first-order valence-corrected chi connectivity index (χ1v) is 5.28. The Labute approximate surface area is 96.7 Å². The molecule has 0 spiro atoms. The first-order chi connectivity index (χ1) is 8.05. The summed E-state index contributed by atoms with van der Waals surface area (Å²) in [5.74, 6) is -1.70. The average Bonchev–Trinajstić information content (AvgIpc) is 2.23. The van der Waals surface area contributed by atoms with E-state index in [9.17, 15) is 14.4 Å². The lowest BCUT2D eigenvalue weighted by Crippen LogP contribution is -2.59. The molecule has 0 aliphatic heterocycles. The Morgan fingerprint density at radius 2 is 2.12 bits per heavy atom. The Morgan fingerprint density at radius 1 is 1.41 bits per heavy atom. The number of hydrogen-bond acceptors (Lipinski definition) is 3. The summed E-state index contributed by atoms with van der Waals surface area (Å²) in [5.41, 5.74) is -1.69. The van der Waals surface area contributed by atoms with Gasteiger partial charge in [-0.05, 0) is 19.3 Å². The van der Waals surface area contributed by atoms with E-state index in [0.717, 1.165) is 6.42 Å². The fraction of sp³-hybridized carbons (Fsp3) is 0.364. The van der Waals surface area contributed by atoms with Gasteiger partial charge in [0.05, 0.1) is 0 Å². The van der Waals surface area contributed by atoms with E-state index in [0.29, 0.717) is 12.8 Å². The van der Waals surface area contributed by atoms with Crippen molar-refractivity contribution in [3.8, 4) is 0 Å². The lowest BCUT2D eigenvalue weighted by Gasteiger charge is -2.38. The van der Waals surface area contributed by atoms with Gasteiger partial charge in [0.25, 0.3) is 5.91 Å². The van der Waals surface area contributed by atoms with Gasteiger partial charge in [-0.1, -0.05) is 0 Å². The van der Waals surface area contributed by atoms with Crippen LogP contribution in [0.2, 0.25) is 0 Å². The number of aromatic nitrogens is 1. The topological polar surface area (TPSA) is 99.3 Å². The van der Waals surface area contributed by atoms with E-state index >= 15 is 0 Å². The number of amides is 1. The minimum atomic E-state index is -1.20. The molecule has 0 saturated heterocycles. The molecule has 90 valence electrons. The van der Waals surface area contributed by atoms with Gasteiger partial charge >= 0.3 is 5.97 Å². The highest BCUT2D eigenvalue weighted by Crippen LogP contribution is 2.32. The van der Waals surface area contributed by atoms with Gasteiger partial charge in [-0.3, -0.25) is 9.59 Å². The van der Waals surface area contributed by atoms with Crippen LogP contribution in [0.25, 0.3) is 0 Å². The summed E-state index contributed by atoms with van der Waals surface area (Å²) >= 11 is 0. The van der Waals surface area contributed by atoms with E-state index in [2.05, 4.69) is 10.3 Å². The van der Waals surface area contributed by atoms with Crippen LogP contribution in [0.5, 0.6) is 0 Å². The van der Waals surface area contributed by atoms with Crippen LogP contribution in [-0.4, -0.2) is 27.5 Å². The summed E-state index contributed by atoms with van der Waals surface area (Å²) in [7, 11) is 0. The second-order valence-electron chi connectivity index (χ2n) is 4.12. The summed E-state index contributed by atoms with van der Waals surface area (Å²) in [6.07, 6.45) is 4.25. The third kappa shape index (κ3) is 1.93. The average molecular weight is 236 g/mol. The van der Waals surface area contributed by atoms with Crippen LogP contribution in [0.3, 0.4) is 0 Å². The van der Waals surface area contributed by atoms with E-state index in [1.807, 2.05) is 0 Å². The van der Waals surface area contributed by atoms with Crippen LogP contribution in [-0.2, 0) is 4.79 Å². The van der Waals surface area contributed by atoms with Crippen molar-refractivity contribution < 1.29 is 14.7 Å². The molecule has 1 saturated carbocycles. The van der Waals surface area contributed by atoms with Crippen LogP contribution in [0.4, 0.5) is 0 Å². The van der Waals surface area contributed by atoms with Crippen molar-refractivity contribution in [2.45, 2.75) is 24.8 Å². The second-order valence-corrected chi connectivity index (χ2v) is 4.12. The SMILES string of the molecule is O=C(NC1(C(=O)O)CCC1)c1c[nH]ccc1=O. The van der Waals surface area contributed by atoms with Gasteiger partial charge < -0.3 is 15.4 Å². The van der Waals surface area contributed by atoms with Gasteiger partial charge in [-0.25, -0.2) is 4.79 Å². The van der Waals surface area contributed by atoms with E-state index in [-0.39, 0.29) is 5.56 Å². The molecule has 0 aromatic carbocycles. The molecule has 1 amide bonds. The molecule has 1 aliphatic carbocycles. The number of hydrogen-bond donors (Lipinski definition) is 3. The van der Waals surface area contributed by atoms with E-state index in [4.69, 9.17) is 5.11 Å². The summed E-state index contributed by atoms with van der Waals surface area (Å²) in [6.45, 7) is 0. The first-order valence-electron chi connectivity index (χ1n) is 5.28. The molecule has 1 aromatic rings. The van der Waals surface area contributed by atoms with Crippen LogP contribution in [0.15, 0.2) is 23.3 Å². The van der Waals surface area contributed by atoms with Crippen molar-refractivity contribution in [3.63, 3.8) is 0 Å². The van der Waals surface area contributed by atoms with Crippen LogP contribution in [0.1, 0.15) is 29.6 Å². The molecule has 1 fully saturated rings. The van der Waals surface area contributed by atoms with Crippen molar-refractivity contribution >= 4 is 11.9 Å². The molecule has 0 atom stereocenters. The third-order valence-electron chi connectivity index (χ3n) is 3.04. The quantitative estimate of drug-likeness (QED) is 0.693. The predicted molar refractivity (Wildman–Crippen MR) is 58.7 cm³/mol. The molecule has 0 unspecified atom stereocenters. The number of carbonyl (C=O) groups is 2. The minimum absolute atomic E-state index is 0.0694. The highest BCUT2D eigenvalue weighted by atomic mass is 16.4. The van der Waals surface area contributed by atoms with E-state index in [1.54, 1.807) is 0 Å². The number of carboxylic acid groups (broad SMARTS) is 1. The van der Waals surface area contributed by atoms with Crippen molar-refractivity contribution in [2.75, 3.05) is 0 Å². The van der Waals surface area contributed by atoms with Gasteiger partial charge in [-0.2, -0.15) is 0 Å². The number of pyridine rings is 1. The molecule has 1 aliphatic rings. The summed E-state index contributed by atoms with van der Waals surface area (Å²) in [6, 6.07) is 1.23. The predicted octanol–water partition coefficient (Wildman–Crippen LogP) is 0.112. The maximum absolute atomic E-state index is 11.8. The van der Waals surface area contributed by atoms with Gasteiger partial charge in [0.15, 0.2) is 5.43 Å². The number of H-pyrrole nitrogens is 1. The molecule has 17 heavy (non-hydrogen) atoms. The van der Waals surface area contributed by atoms with E-state index < -0.39 is 22.8 Å². The zero-order chi connectivity index (χ0) is 12.5. The lowest BCUT2D eigenvalue weighted by molar-refractivity contribution is -0.148. The molecule has 1 aromatic heterocycles. The van der Waals surface area contributed by atoms with Gasteiger partial charge in [0, 0.05) is 18.5 Å². The molecule has 3 N–H and O–H groups in total. The molecular formula is C11H12N2O4. The minimum Gasteiger partial charge on any atom is -0.480 e. The van der Waals surface area contributed by atoms with Crippen LogP contribution < -0.4 is 10.7 Å². The second kappa shape index (κ2) is 4.04. The third-order valence-corrected chi connectivity index (χ3v) is 3.04. The number of aromatic amines is 1. The number of rotatable bonds is 3. The monoisotopic (exact) mass is 236 g/mol. The normalized spacial score (nSPS) is 16.9. The Morgan fingerprint density at radius 3 is 2.59 bits per heavy atom. The zero-order valence-electron chi connectivity index (χ0n) is 9.03. The number of carbonyl (C=O) groups excluding carboxylic acids is 1. The van der Waals surface area contributed by atoms with Gasteiger partial charge in [-0.15, -0.1) is 0 Å². The molecule has 6 heteroatoms. The van der Waals surface area contributed by atoms with Crippen LogP contribution >= 0.6 is 0 Å². The molecule has 1 heterocycles. The highest BCUT2D eigenvalue weighted by Gasteiger charge is 2.45. The maximum Gasteiger partial charge on any atom is 0.329 e. The summed E-state index contributed by atoms with van der Waals surface area (Å²) in [4.78, 5) is 36.9. The smallest absolute Gasteiger partial charge is 0.329 e. The van der Waals surface area contributed by atoms with Crippen molar-refractivity contribution in [1.82, 2.24) is 10.3 Å². The Bertz CT molecular complexity index is 516. The van der Waals surface area contributed by atoms with Crippen molar-refractivity contribution in [3.05, 3.63) is 34.2 Å².